The summed E-state index contributed by atoms with van der Waals surface area (Å²) < 4.78 is 25.2. The summed E-state index contributed by atoms with van der Waals surface area (Å²) in [5, 5.41) is 0. The van der Waals surface area contributed by atoms with Gasteiger partial charge in [0, 0.05) is 15.7 Å². The molecule has 0 spiro atoms. The zero-order chi connectivity index (χ0) is 13.1. The van der Waals surface area contributed by atoms with E-state index in [1.54, 1.807) is 6.07 Å². The molecule has 0 aromatic heterocycles. The van der Waals surface area contributed by atoms with Gasteiger partial charge >= 0.3 is 0 Å². The minimum absolute atomic E-state index is 0.0862. The number of nitrogens with two attached hydrogens (primary N) is 1. The molecule has 0 atom stereocenters. The van der Waals surface area contributed by atoms with E-state index in [9.17, 15) is 4.39 Å². The van der Waals surface area contributed by atoms with Crippen LogP contribution in [-0.2, 0) is 0 Å². The molecule has 2 rings (SSSR count). The van der Waals surface area contributed by atoms with Crippen LogP contribution in [0.2, 0.25) is 0 Å². The first-order valence-electron chi connectivity index (χ1n) is 5.16. The molecule has 0 unspecified atom stereocenters. The minimum Gasteiger partial charge on any atom is -0.494 e. The lowest BCUT2D eigenvalue weighted by atomic mass is 10.2. The van der Waals surface area contributed by atoms with E-state index >= 15 is 0 Å². The van der Waals surface area contributed by atoms with E-state index in [1.807, 2.05) is 18.2 Å². The number of nitrogen functional groups attached to an aromatic ring is 1. The molecule has 2 aromatic carbocycles. The van der Waals surface area contributed by atoms with Crippen molar-refractivity contribution < 1.29 is 13.9 Å². The van der Waals surface area contributed by atoms with Crippen LogP contribution in [0.15, 0.2) is 36.4 Å². The highest BCUT2D eigenvalue weighted by Crippen LogP contribution is 2.33. The van der Waals surface area contributed by atoms with Gasteiger partial charge in [0.2, 0.25) is 0 Å². The van der Waals surface area contributed by atoms with E-state index in [0.29, 0.717) is 11.5 Å². The van der Waals surface area contributed by atoms with Gasteiger partial charge in [0.15, 0.2) is 11.6 Å². The molecular formula is C13H11FINO2. The van der Waals surface area contributed by atoms with E-state index in [2.05, 4.69) is 22.6 Å². The van der Waals surface area contributed by atoms with Crippen molar-refractivity contribution in [3.8, 4) is 17.2 Å². The standard InChI is InChI=1S/C13H11FINO2/c1-17-13-7-12(10(14)6-11(13)16)18-9-4-2-3-8(15)5-9/h2-7H,16H2,1H3. The van der Waals surface area contributed by atoms with Crippen LogP contribution in [-0.4, -0.2) is 7.11 Å². The molecule has 0 aliphatic rings. The summed E-state index contributed by atoms with van der Waals surface area (Å²) in [6.45, 7) is 0. The number of ether oxygens (including phenoxy) is 2. The van der Waals surface area contributed by atoms with Gasteiger partial charge in [-0.2, -0.15) is 0 Å². The van der Waals surface area contributed by atoms with Crippen LogP contribution < -0.4 is 15.2 Å². The number of hydrogen-bond donors (Lipinski definition) is 1. The quantitative estimate of drug-likeness (QED) is 0.670. The molecule has 0 aliphatic heterocycles. The zero-order valence-corrected chi connectivity index (χ0v) is 11.8. The largest absolute Gasteiger partial charge is 0.494 e. The van der Waals surface area contributed by atoms with Crippen molar-refractivity contribution >= 4 is 28.3 Å². The molecule has 0 saturated carbocycles. The molecular weight excluding hydrogens is 348 g/mol. The van der Waals surface area contributed by atoms with Gasteiger partial charge in [-0.05, 0) is 40.8 Å². The monoisotopic (exact) mass is 359 g/mol. The average Bonchev–Trinajstić information content (AvgIpc) is 2.33. The fraction of sp³-hybridized carbons (Fsp3) is 0.0769. The van der Waals surface area contributed by atoms with Gasteiger partial charge < -0.3 is 15.2 Å². The number of methoxy groups -OCH3 is 1. The lowest BCUT2D eigenvalue weighted by Gasteiger charge is -2.10. The van der Waals surface area contributed by atoms with E-state index in [1.165, 1.54) is 19.2 Å². The topological polar surface area (TPSA) is 44.5 Å². The summed E-state index contributed by atoms with van der Waals surface area (Å²) in [4.78, 5) is 0. The van der Waals surface area contributed by atoms with E-state index in [-0.39, 0.29) is 11.4 Å². The van der Waals surface area contributed by atoms with Gasteiger partial charge in [0.05, 0.1) is 12.8 Å². The molecule has 0 saturated heterocycles. The Morgan fingerprint density at radius 2 is 1.94 bits per heavy atom. The van der Waals surface area contributed by atoms with Gasteiger partial charge in [-0.3, -0.25) is 0 Å². The number of rotatable bonds is 3. The van der Waals surface area contributed by atoms with E-state index < -0.39 is 5.82 Å². The second-order valence-corrected chi connectivity index (χ2v) is 4.83. The van der Waals surface area contributed by atoms with Crippen molar-refractivity contribution in [2.75, 3.05) is 12.8 Å². The van der Waals surface area contributed by atoms with Crippen molar-refractivity contribution in [2.24, 2.45) is 0 Å². The zero-order valence-electron chi connectivity index (χ0n) is 9.61. The first-order chi connectivity index (χ1) is 8.60. The Morgan fingerprint density at radius 1 is 1.17 bits per heavy atom. The van der Waals surface area contributed by atoms with Crippen molar-refractivity contribution in [1.82, 2.24) is 0 Å². The minimum atomic E-state index is -0.521. The van der Waals surface area contributed by atoms with Crippen molar-refractivity contribution in [1.29, 1.82) is 0 Å². The summed E-state index contributed by atoms with van der Waals surface area (Å²) in [6.07, 6.45) is 0. The molecule has 3 nitrogen and oxygen atoms in total. The maximum absolute atomic E-state index is 13.7. The molecule has 18 heavy (non-hydrogen) atoms. The molecule has 5 heteroatoms. The Bertz CT molecular complexity index is 575. The van der Waals surface area contributed by atoms with Crippen LogP contribution in [0, 0.1) is 9.39 Å². The molecule has 0 bridgehead atoms. The van der Waals surface area contributed by atoms with Crippen molar-refractivity contribution in [3.05, 3.63) is 45.8 Å². The Labute approximate surface area is 118 Å². The third-order valence-electron chi connectivity index (χ3n) is 2.31. The first kappa shape index (κ1) is 12.9. The summed E-state index contributed by atoms with van der Waals surface area (Å²) in [7, 11) is 1.47. The smallest absolute Gasteiger partial charge is 0.168 e. The van der Waals surface area contributed by atoms with Crippen LogP contribution in [0.3, 0.4) is 0 Å². The predicted octanol–water partition coefficient (Wildman–Crippen LogP) is 3.81. The normalized spacial score (nSPS) is 10.2. The SMILES string of the molecule is COc1cc(Oc2cccc(I)c2)c(F)cc1N. The van der Waals surface area contributed by atoms with Crippen LogP contribution in [0.1, 0.15) is 0 Å². The third-order valence-corrected chi connectivity index (χ3v) is 2.98. The molecule has 0 heterocycles. The van der Waals surface area contributed by atoms with Crippen LogP contribution in [0.4, 0.5) is 10.1 Å². The second-order valence-electron chi connectivity index (χ2n) is 3.58. The second kappa shape index (κ2) is 5.43. The highest BCUT2D eigenvalue weighted by Gasteiger charge is 2.10. The summed E-state index contributed by atoms with van der Waals surface area (Å²) in [5.74, 6) is 0.514. The van der Waals surface area contributed by atoms with Crippen LogP contribution in [0.5, 0.6) is 17.2 Å². The predicted molar refractivity (Wildman–Crippen MR) is 76.6 cm³/mol. The lowest BCUT2D eigenvalue weighted by molar-refractivity contribution is 0.403. The molecule has 0 amide bonds. The summed E-state index contributed by atoms with van der Waals surface area (Å²) >= 11 is 2.16. The molecule has 0 fully saturated rings. The van der Waals surface area contributed by atoms with Gasteiger partial charge in [0.1, 0.15) is 11.5 Å². The molecule has 2 aromatic rings. The lowest BCUT2D eigenvalue weighted by Crippen LogP contribution is -1.96. The Balaban J connectivity index is 2.34. The van der Waals surface area contributed by atoms with E-state index in [4.69, 9.17) is 15.2 Å². The number of halogens is 2. The maximum Gasteiger partial charge on any atom is 0.168 e. The highest BCUT2D eigenvalue weighted by molar-refractivity contribution is 14.1. The van der Waals surface area contributed by atoms with E-state index in [0.717, 1.165) is 3.57 Å². The van der Waals surface area contributed by atoms with Crippen LogP contribution >= 0.6 is 22.6 Å². The Kier molecular flexibility index (Phi) is 3.90. The molecule has 94 valence electrons. The van der Waals surface area contributed by atoms with Gasteiger partial charge in [0.25, 0.3) is 0 Å². The Hall–Kier alpha value is -1.50. The summed E-state index contributed by atoms with van der Waals surface area (Å²) in [6, 6.07) is 9.94. The molecule has 2 N–H and O–H groups in total. The van der Waals surface area contributed by atoms with Crippen molar-refractivity contribution in [3.63, 3.8) is 0 Å². The third kappa shape index (κ3) is 2.84. The van der Waals surface area contributed by atoms with Crippen molar-refractivity contribution in [2.45, 2.75) is 0 Å². The maximum atomic E-state index is 13.7. The summed E-state index contributed by atoms with van der Waals surface area (Å²) in [5.41, 5.74) is 5.84. The fourth-order valence-electron chi connectivity index (χ4n) is 1.46. The Morgan fingerprint density at radius 3 is 2.61 bits per heavy atom. The first-order valence-corrected chi connectivity index (χ1v) is 6.24. The molecule has 0 aliphatic carbocycles. The van der Waals surface area contributed by atoms with Gasteiger partial charge in [-0.15, -0.1) is 0 Å². The average molecular weight is 359 g/mol. The molecule has 0 radical (unpaired) electrons. The highest BCUT2D eigenvalue weighted by atomic mass is 127. The van der Waals surface area contributed by atoms with Gasteiger partial charge in [-0.25, -0.2) is 4.39 Å². The number of anilines is 1. The number of hydrogen-bond acceptors (Lipinski definition) is 3. The fourth-order valence-corrected chi connectivity index (χ4v) is 1.98. The number of benzene rings is 2. The van der Waals surface area contributed by atoms with Crippen LogP contribution in [0.25, 0.3) is 0 Å². The van der Waals surface area contributed by atoms with Gasteiger partial charge in [-0.1, -0.05) is 6.07 Å².